The largest absolute Gasteiger partial charge is 0.508 e. The highest BCUT2D eigenvalue weighted by atomic mass is 16.5. The summed E-state index contributed by atoms with van der Waals surface area (Å²) in [6, 6.07) is 7.39. The van der Waals surface area contributed by atoms with E-state index in [9.17, 15) is 44.7 Å². The van der Waals surface area contributed by atoms with Crippen LogP contribution in [-0.4, -0.2) is 112 Å². The first-order chi connectivity index (χ1) is 21.5. The van der Waals surface area contributed by atoms with Gasteiger partial charge in [0.1, 0.15) is 28.6 Å². The Morgan fingerprint density at radius 1 is 1.00 bits per heavy atom. The lowest BCUT2D eigenvalue weighted by molar-refractivity contribution is -0.169. The van der Waals surface area contributed by atoms with Crippen LogP contribution in [0.25, 0.3) is 5.76 Å². The number of amides is 1. The first-order valence-corrected chi connectivity index (χ1v) is 14.6. The van der Waals surface area contributed by atoms with E-state index in [1.165, 1.54) is 38.2 Å². The van der Waals surface area contributed by atoms with E-state index in [1.54, 1.807) is 50.2 Å². The molecule has 0 spiro atoms. The second-order valence-corrected chi connectivity index (χ2v) is 12.5. The summed E-state index contributed by atoms with van der Waals surface area (Å²) in [5.74, 6) is -10.0. The second-order valence-electron chi connectivity index (χ2n) is 12.5. The third-order valence-electron chi connectivity index (χ3n) is 9.59. The Morgan fingerprint density at radius 3 is 2.13 bits per heavy atom. The molecule has 0 saturated heterocycles. The number of Topliss-reactive ketones (excluding diaryl/α,β-unsaturated/α-hetero) is 3. The molecule has 5 unspecified atom stereocenters. The van der Waals surface area contributed by atoms with Crippen molar-refractivity contribution < 1.29 is 49.4 Å². The van der Waals surface area contributed by atoms with E-state index in [4.69, 9.17) is 10.5 Å². The lowest BCUT2D eigenvalue weighted by Gasteiger charge is -2.53. The van der Waals surface area contributed by atoms with Crippen molar-refractivity contribution in [2.75, 3.05) is 35.3 Å². The number of carbonyl (C=O) groups is 4. The molecular formula is C33H37N3O10. The number of rotatable bonds is 7. The number of aromatic hydroxyl groups is 1. The minimum atomic E-state index is -3.03. The topological polar surface area (TPSA) is 211 Å². The van der Waals surface area contributed by atoms with Crippen LogP contribution in [0.2, 0.25) is 0 Å². The van der Waals surface area contributed by atoms with Gasteiger partial charge in [0.05, 0.1) is 42.3 Å². The molecule has 13 nitrogen and oxygen atoms in total. The van der Waals surface area contributed by atoms with Gasteiger partial charge in [-0.1, -0.05) is 25.1 Å². The van der Waals surface area contributed by atoms with Crippen LogP contribution < -0.4 is 10.5 Å². The van der Waals surface area contributed by atoms with Gasteiger partial charge in [0.2, 0.25) is 5.78 Å². The Hall–Kier alpha value is -4.56. The Balaban J connectivity index is 1.70. The van der Waals surface area contributed by atoms with Gasteiger partial charge in [-0.05, 0) is 63.4 Å². The molecule has 1 saturated carbocycles. The van der Waals surface area contributed by atoms with Crippen LogP contribution in [0.3, 0.4) is 0 Å². The third-order valence-corrected chi connectivity index (χ3v) is 9.59. The number of nitrogens with zero attached hydrogens (tertiary/aromatic N) is 2. The number of carbonyl (C=O) groups excluding carboxylic acids is 4. The van der Waals surface area contributed by atoms with Crippen molar-refractivity contribution in [3.63, 3.8) is 0 Å². The summed E-state index contributed by atoms with van der Waals surface area (Å²) in [6.45, 7) is 1.62. The van der Waals surface area contributed by atoms with Gasteiger partial charge in [-0.25, -0.2) is 0 Å². The smallest absolute Gasteiger partial charge is 0.255 e. The van der Waals surface area contributed by atoms with Gasteiger partial charge in [-0.2, -0.15) is 0 Å². The predicted octanol–water partition coefficient (Wildman–Crippen LogP) is 0.990. The highest BCUT2D eigenvalue weighted by molar-refractivity contribution is 6.24. The van der Waals surface area contributed by atoms with E-state index in [0.717, 1.165) is 0 Å². The van der Waals surface area contributed by atoms with E-state index in [2.05, 4.69) is 0 Å². The lowest BCUT2D eigenvalue weighted by Crippen LogP contribution is -2.70. The van der Waals surface area contributed by atoms with Crippen molar-refractivity contribution in [2.24, 2.45) is 17.6 Å². The summed E-state index contributed by atoms with van der Waals surface area (Å²) in [5, 5.41) is 57.9. The number of ether oxygens (including phenoxy) is 1. The van der Waals surface area contributed by atoms with E-state index < -0.39 is 93.2 Å². The second kappa shape index (κ2) is 11.4. The third kappa shape index (κ3) is 4.45. The monoisotopic (exact) mass is 635 g/mol. The Kier molecular flexibility index (Phi) is 8.10. The Bertz CT molecular complexity index is 1730. The van der Waals surface area contributed by atoms with Crippen LogP contribution in [0.15, 0.2) is 53.3 Å². The molecule has 13 heteroatoms. The van der Waals surface area contributed by atoms with Gasteiger partial charge in [0.25, 0.3) is 5.91 Å². The van der Waals surface area contributed by atoms with Gasteiger partial charge in [0.15, 0.2) is 17.2 Å². The molecular weight excluding hydrogens is 598 g/mol. The van der Waals surface area contributed by atoms with E-state index in [1.807, 2.05) is 0 Å². The van der Waals surface area contributed by atoms with Gasteiger partial charge >= 0.3 is 0 Å². The minimum absolute atomic E-state index is 0.166. The molecule has 0 bridgehead atoms. The normalized spacial score (nSPS) is 28.2. The number of nitrogens with two attached hydrogens (primary N) is 1. The molecule has 244 valence electrons. The summed E-state index contributed by atoms with van der Waals surface area (Å²) in [5.41, 5.74) is 1.27. The predicted molar refractivity (Wildman–Crippen MR) is 164 cm³/mol. The summed E-state index contributed by atoms with van der Waals surface area (Å²) in [6.07, 6.45) is -1.72. The molecule has 1 amide bonds. The molecule has 0 radical (unpaired) electrons. The quantitative estimate of drug-likeness (QED) is 0.186. The first-order valence-electron chi connectivity index (χ1n) is 14.6. The fraction of sp³-hybridized carbons (Fsp3) is 0.394. The molecule has 7 N–H and O–H groups in total. The number of hydrogen-bond donors (Lipinski definition) is 6. The SMILES string of the molecule is COc1ccc(C(C(=O)c2ccc3c(c2O)C(O)=C2C(=O)[C@]4(O)C(O)=C(C(N)=O)C(=O)[C@@H](N(C)C)C4C(O)C2C3C)N(C)C)cc1. The number of ketones is 3. The summed E-state index contributed by atoms with van der Waals surface area (Å²) in [4.78, 5) is 56.7. The fourth-order valence-corrected chi connectivity index (χ4v) is 7.43. The lowest BCUT2D eigenvalue weighted by atomic mass is 9.54. The first kappa shape index (κ1) is 32.8. The number of aliphatic hydroxyl groups excluding tert-OH is 3. The van der Waals surface area contributed by atoms with Crippen LogP contribution >= 0.6 is 0 Å². The maximum Gasteiger partial charge on any atom is 0.255 e. The van der Waals surface area contributed by atoms with Crippen molar-refractivity contribution in [2.45, 2.75) is 36.6 Å². The number of benzene rings is 2. The van der Waals surface area contributed by atoms with E-state index >= 15 is 0 Å². The average molecular weight is 636 g/mol. The fourth-order valence-electron chi connectivity index (χ4n) is 7.43. The molecule has 2 aromatic carbocycles. The molecule has 1 fully saturated rings. The number of likely N-dealkylation sites (N-methyl/N-ethyl adjacent to an activating group) is 2. The number of phenols is 1. The molecule has 2 aromatic rings. The number of phenolic OH excluding ortho intramolecular Hbond substituents is 1. The zero-order valence-corrected chi connectivity index (χ0v) is 26.2. The molecule has 7 atom stereocenters. The number of methoxy groups -OCH3 is 1. The van der Waals surface area contributed by atoms with E-state index in [0.29, 0.717) is 16.9 Å². The van der Waals surface area contributed by atoms with E-state index in [-0.39, 0.29) is 11.1 Å². The summed E-state index contributed by atoms with van der Waals surface area (Å²) in [7, 11) is 7.76. The van der Waals surface area contributed by atoms with Gasteiger partial charge in [-0.3, -0.25) is 29.0 Å². The summed E-state index contributed by atoms with van der Waals surface area (Å²) < 4.78 is 5.21. The van der Waals surface area contributed by atoms with Crippen molar-refractivity contribution >= 4 is 29.0 Å². The van der Waals surface area contributed by atoms with Crippen LogP contribution in [-0.2, 0) is 14.4 Å². The highest BCUT2D eigenvalue weighted by Crippen LogP contribution is 2.56. The van der Waals surface area contributed by atoms with Crippen LogP contribution in [0.1, 0.15) is 45.9 Å². The summed E-state index contributed by atoms with van der Waals surface area (Å²) >= 11 is 0. The van der Waals surface area contributed by atoms with Crippen LogP contribution in [0, 0.1) is 11.8 Å². The van der Waals surface area contributed by atoms with Crippen LogP contribution in [0.4, 0.5) is 0 Å². The number of hydrogen-bond acceptors (Lipinski definition) is 12. The standard InChI is InChI=1S/C33H37N3O10/c1-13-16-11-12-17(26(38)23(35(2)3)14-7-9-15(46-6)10-8-14)25(37)19(16)27(39)20-18(13)28(40)22-24(36(4)5)29(41)21(32(34)44)31(43)33(22,45)30(20)42/h7-13,18,22-24,28,37,39-40,43,45H,1-6H3,(H2,34,44)/t13?,18?,22?,23?,24-,28?,33-/m0/s1. The molecule has 0 heterocycles. The molecule has 0 aromatic heterocycles. The Morgan fingerprint density at radius 2 is 1.61 bits per heavy atom. The number of fused-ring (bicyclic) bond motifs is 3. The van der Waals surface area contributed by atoms with Crippen LogP contribution in [0.5, 0.6) is 11.5 Å². The molecule has 3 aliphatic rings. The Labute approximate surface area is 264 Å². The zero-order valence-electron chi connectivity index (χ0n) is 26.2. The average Bonchev–Trinajstić information content (AvgIpc) is 2.98. The minimum Gasteiger partial charge on any atom is -0.508 e. The number of aliphatic hydroxyl groups is 4. The molecule has 5 rings (SSSR count). The van der Waals surface area contributed by atoms with Crippen molar-refractivity contribution in [1.82, 2.24) is 9.80 Å². The number of primary amides is 1. The highest BCUT2D eigenvalue weighted by Gasteiger charge is 2.68. The van der Waals surface area contributed by atoms with Crippen molar-refractivity contribution in [3.8, 4) is 11.5 Å². The maximum atomic E-state index is 14.2. The zero-order chi connectivity index (χ0) is 34.2. The molecule has 46 heavy (non-hydrogen) atoms. The molecule has 3 aliphatic carbocycles. The maximum absolute atomic E-state index is 14.2. The van der Waals surface area contributed by atoms with Gasteiger partial charge < -0.3 is 36.0 Å². The van der Waals surface area contributed by atoms with Gasteiger partial charge in [-0.15, -0.1) is 0 Å². The van der Waals surface area contributed by atoms with Crippen molar-refractivity contribution in [3.05, 3.63) is 75.6 Å². The molecule has 0 aliphatic heterocycles. The van der Waals surface area contributed by atoms with Gasteiger partial charge in [0, 0.05) is 11.5 Å². The van der Waals surface area contributed by atoms with Crippen molar-refractivity contribution in [1.29, 1.82) is 0 Å².